The van der Waals surface area contributed by atoms with E-state index in [1.165, 1.54) is 24.3 Å². The molecule has 0 aromatic heterocycles. The van der Waals surface area contributed by atoms with Crippen LogP contribution in [0.1, 0.15) is 26.3 Å². The van der Waals surface area contributed by atoms with Crippen LogP contribution in [0.3, 0.4) is 0 Å². The number of aliphatic carboxylic acids is 1. The molecule has 0 aliphatic carbocycles. The average Bonchev–Trinajstić information content (AvgIpc) is 2.26. The third kappa shape index (κ3) is 3.27. The lowest BCUT2D eigenvalue weighted by Gasteiger charge is -2.27. The maximum atomic E-state index is 12.8. The molecule has 4 heteroatoms. The van der Waals surface area contributed by atoms with Gasteiger partial charge in [0.25, 0.3) is 0 Å². The number of halogens is 1. The summed E-state index contributed by atoms with van der Waals surface area (Å²) in [5, 5.41) is 12.3. The Bertz CT molecular complexity index is 389. The van der Waals surface area contributed by atoms with Gasteiger partial charge in [-0.15, -0.1) is 0 Å². The summed E-state index contributed by atoms with van der Waals surface area (Å²) >= 11 is 0. The van der Waals surface area contributed by atoms with Crippen LogP contribution in [-0.4, -0.2) is 17.6 Å². The van der Waals surface area contributed by atoms with Crippen molar-refractivity contribution in [3.63, 3.8) is 0 Å². The number of carbonyl (C=O) groups is 1. The van der Waals surface area contributed by atoms with E-state index in [1.807, 2.05) is 13.8 Å². The summed E-state index contributed by atoms with van der Waals surface area (Å²) in [6.07, 6.45) is 0. The standard InChI is InChI=1S/C13H18FNO2/c1-9(2)8-15-13(3,12(16)17)10-4-6-11(14)7-5-10/h4-7,9,15H,8H2,1-3H3,(H,16,17). The highest BCUT2D eigenvalue weighted by molar-refractivity contribution is 5.80. The highest BCUT2D eigenvalue weighted by atomic mass is 19.1. The molecule has 0 saturated carbocycles. The molecule has 1 unspecified atom stereocenters. The van der Waals surface area contributed by atoms with Gasteiger partial charge in [0.05, 0.1) is 0 Å². The molecule has 1 aromatic carbocycles. The Morgan fingerprint density at radius 3 is 2.35 bits per heavy atom. The summed E-state index contributed by atoms with van der Waals surface area (Å²) < 4.78 is 12.8. The van der Waals surface area contributed by atoms with Gasteiger partial charge in [0.2, 0.25) is 0 Å². The van der Waals surface area contributed by atoms with Crippen molar-refractivity contribution >= 4 is 5.97 Å². The Labute approximate surface area is 101 Å². The van der Waals surface area contributed by atoms with Crippen LogP contribution in [0.25, 0.3) is 0 Å². The second kappa shape index (κ2) is 5.27. The molecule has 0 amide bonds. The zero-order valence-electron chi connectivity index (χ0n) is 10.3. The summed E-state index contributed by atoms with van der Waals surface area (Å²) in [5.74, 6) is -0.996. The maximum Gasteiger partial charge on any atom is 0.328 e. The van der Waals surface area contributed by atoms with Gasteiger partial charge in [0.15, 0.2) is 0 Å². The molecular weight excluding hydrogens is 221 g/mol. The average molecular weight is 239 g/mol. The Hall–Kier alpha value is -1.42. The number of carboxylic acid groups (broad SMARTS) is 1. The van der Waals surface area contributed by atoms with Gasteiger partial charge in [-0.25, -0.2) is 9.18 Å². The van der Waals surface area contributed by atoms with Crippen LogP contribution in [0.4, 0.5) is 4.39 Å². The Morgan fingerprint density at radius 2 is 1.94 bits per heavy atom. The van der Waals surface area contributed by atoms with E-state index in [4.69, 9.17) is 0 Å². The van der Waals surface area contributed by atoms with Gasteiger partial charge in [-0.05, 0) is 37.1 Å². The minimum absolute atomic E-state index is 0.342. The predicted molar refractivity (Wildman–Crippen MR) is 64.2 cm³/mol. The van der Waals surface area contributed by atoms with E-state index in [1.54, 1.807) is 6.92 Å². The normalized spacial score (nSPS) is 14.6. The van der Waals surface area contributed by atoms with Crippen molar-refractivity contribution in [3.05, 3.63) is 35.6 Å². The van der Waals surface area contributed by atoms with Gasteiger partial charge in [-0.1, -0.05) is 26.0 Å². The monoisotopic (exact) mass is 239 g/mol. The lowest BCUT2D eigenvalue weighted by Crippen LogP contribution is -2.48. The molecule has 1 rings (SSSR count). The molecule has 0 radical (unpaired) electrons. The molecular formula is C13H18FNO2. The summed E-state index contributed by atoms with van der Waals surface area (Å²) in [7, 11) is 0. The molecule has 2 N–H and O–H groups in total. The van der Waals surface area contributed by atoms with Gasteiger partial charge in [-0.3, -0.25) is 5.32 Å². The molecule has 1 aromatic rings. The topological polar surface area (TPSA) is 49.3 Å². The molecule has 0 saturated heterocycles. The molecule has 3 nitrogen and oxygen atoms in total. The van der Waals surface area contributed by atoms with Crippen LogP contribution >= 0.6 is 0 Å². The number of nitrogens with one attached hydrogen (secondary N) is 1. The molecule has 94 valence electrons. The van der Waals surface area contributed by atoms with Crippen molar-refractivity contribution < 1.29 is 14.3 Å². The minimum atomic E-state index is -1.18. The molecule has 0 aliphatic rings. The molecule has 1 atom stereocenters. The van der Waals surface area contributed by atoms with E-state index in [-0.39, 0.29) is 5.82 Å². The third-order valence-corrected chi connectivity index (χ3v) is 2.71. The van der Waals surface area contributed by atoms with Crippen LogP contribution in [0, 0.1) is 11.7 Å². The van der Waals surface area contributed by atoms with E-state index >= 15 is 0 Å². The van der Waals surface area contributed by atoms with Gasteiger partial charge >= 0.3 is 5.97 Å². The lowest BCUT2D eigenvalue weighted by molar-refractivity contribution is -0.144. The first-order valence-corrected chi connectivity index (χ1v) is 5.60. The van der Waals surface area contributed by atoms with E-state index in [0.717, 1.165) is 0 Å². The number of hydrogen-bond acceptors (Lipinski definition) is 2. The largest absolute Gasteiger partial charge is 0.480 e. The second-order valence-electron chi connectivity index (χ2n) is 4.71. The molecule has 0 fully saturated rings. The Kier molecular flexibility index (Phi) is 4.23. The fraction of sp³-hybridized carbons (Fsp3) is 0.462. The zero-order chi connectivity index (χ0) is 13.1. The first-order chi connectivity index (χ1) is 7.86. The van der Waals surface area contributed by atoms with Crippen LogP contribution < -0.4 is 5.32 Å². The minimum Gasteiger partial charge on any atom is -0.480 e. The molecule has 0 heterocycles. The van der Waals surface area contributed by atoms with Crippen molar-refractivity contribution in [1.29, 1.82) is 0 Å². The lowest BCUT2D eigenvalue weighted by atomic mass is 9.91. The van der Waals surface area contributed by atoms with E-state index < -0.39 is 11.5 Å². The van der Waals surface area contributed by atoms with Gasteiger partial charge in [0, 0.05) is 0 Å². The van der Waals surface area contributed by atoms with Crippen molar-refractivity contribution in [1.82, 2.24) is 5.32 Å². The summed E-state index contributed by atoms with van der Waals surface area (Å²) in [5.41, 5.74) is -0.634. The molecule has 0 spiro atoms. The van der Waals surface area contributed by atoms with Crippen LogP contribution in [0.5, 0.6) is 0 Å². The van der Waals surface area contributed by atoms with Crippen LogP contribution in [0.2, 0.25) is 0 Å². The smallest absolute Gasteiger partial charge is 0.328 e. The van der Waals surface area contributed by atoms with Crippen molar-refractivity contribution in [2.75, 3.05) is 6.54 Å². The number of rotatable bonds is 5. The zero-order valence-corrected chi connectivity index (χ0v) is 10.3. The van der Waals surface area contributed by atoms with Crippen molar-refractivity contribution in [2.45, 2.75) is 26.3 Å². The van der Waals surface area contributed by atoms with E-state index in [2.05, 4.69) is 5.32 Å². The number of benzene rings is 1. The fourth-order valence-electron chi connectivity index (χ4n) is 1.49. The van der Waals surface area contributed by atoms with E-state index in [0.29, 0.717) is 18.0 Å². The van der Waals surface area contributed by atoms with Gasteiger partial charge < -0.3 is 5.11 Å². The van der Waals surface area contributed by atoms with Crippen LogP contribution in [0.15, 0.2) is 24.3 Å². The molecule has 0 bridgehead atoms. The molecule has 17 heavy (non-hydrogen) atoms. The first kappa shape index (κ1) is 13.6. The van der Waals surface area contributed by atoms with Gasteiger partial charge in [0.1, 0.15) is 11.4 Å². The quantitative estimate of drug-likeness (QED) is 0.829. The maximum absolute atomic E-state index is 12.8. The summed E-state index contributed by atoms with van der Waals surface area (Å²) in [6.45, 7) is 6.17. The first-order valence-electron chi connectivity index (χ1n) is 5.60. The number of carboxylic acids is 1. The van der Waals surface area contributed by atoms with Crippen molar-refractivity contribution in [3.8, 4) is 0 Å². The summed E-state index contributed by atoms with van der Waals surface area (Å²) in [6, 6.07) is 5.54. The summed E-state index contributed by atoms with van der Waals surface area (Å²) in [4.78, 5) is 11.4. The van der Waals surface area contributed by atoms with Gasteiger partial charge in [-0.2, -0.15) is 0 Å². The highest BCUT2D eigenvalue weighted by Gasteiger charge is 2.34. The highest BCUT2D eigenvalue weighted by Crippen LogP contribution is 2.21. The van der Waals surface area contributed by atoms with Crippen molar-refractivity contribution in [2.24, 2.45) is 5.92 Å². The second-order valence-corrected chi connectivity index (χ2v) is 4.71. The molecule has 0 aliphatic heterocycles. The SMILES string of the molecule is CC(C)CNC(C)(C(=O)O)c1ccc(F)cc1. The fourth-order valence-corrected chi connectivity index (χ4v) is 1.49. The Morgan fingerprint density at radius 1 is 1.41 bits per heavy atom. The van der Waals surface area contributed by atoms with E-state index in [9.17, 15) is 14.3 Å². The predicted octanol–water partition coefficient (Wildman–Crippen LogP) is 2.37. The third-order valence-electron chi connectivity index (χ3n) is 2.71. The number of hydrogen-bond donors (Lipinski definition) is 2. The Balaban J connectivity index is 2.98. The van der Waals surface area contributed by atoms with Crippen LogP contribution in [-0.2, 0) is 10.3 Å².